The van der Waals surface area contributed by atoms with Gasteiger partial charge in [0.2, 0.25) is 0 Å². The van der Waals surface area contributed by atoms with Crippen molar-refractivity contribution in [1.29, 1.82) is 0 Å². The molecule has 88 valence electrons. The van der Waals surface area contributed by atoms with E-state index in [0.717, 1.165) is 24.1 Å². The van der Waals surface area contributed by atoms with Crippen molar-refractivity contribution in [2.45, 2.75) is 38.6 Å². The van der Waals surface area contributed by atoms with Crippen LogP contribution in [-0.4, -0.2) is 33.7 Å². The number of amides is 1. The maximum atomic E-state index is 12.2. The highest BCUT2D eigenvalue weighted by molar-refractivity contribution is 5.95. The maximum absolute atomic E-state index is 12.2. The Kier molecular flexibility index (Phi) is 2.99. The van der Waals surface area contributed by atoms with Crippen LogP contribution in [0.15, 0.2) is 6.20 Å². The molecule has 0 N–H and O–H groups in total. The molecule has 0 aromatic carbocycles. The fraction of sp³-hybridized carbons (Fsp3) is 0.667. The summed E-state index contributed by atoms with van der Waals surface area (Å²) in [6, 6.07) is 0.423. The summed E-state index contributed by atoms with van der Waals surface area (Å²) in [4.78, 5) is 14.1. The van der Waals surface area contributed by atoms with E-state index in [1.807, 2.05) is 25.9 Å². The quantitative estimate of drug-likeness (QED) is 0.763. The van der Waals surface area contributed by atoms with Gasteiger partial charge in [-0.3, -0.25) is 9.48 Å². The second-order valence-electron chi connectivity index (χ2n) is 4.62. The van der Waals surface area contributed by atoms with Crippen LogP contribution >= 0.6 is 0 Å². The zero-order valence-corrected chi connectivity index (χ0v) is 10.2. The molecule has 0 radical (unpaired) electrons. The van der Waals surface area contributed by atoms with Crippen molar-refractivity contribution >= 4 is 5.91 Å². The monoisotopic (exact) mass is 221 g/mol. The van der Waals surface area contributed by atoms with Gasteiger partial charge in [0.15, 0.2) is 0 Å². The summed E-state index contributed by atoms with van der Waals surface area (Å²) in [6.45, 7) is 1.93. The summed E-state index contributed by atoms with van der Waals surface area (Å²) in [6.07, 6.45) is 6.44. The zero-order valence-electron chi connectivity index (χ0n) is 10.2. The number of aromatic nitrogens is 2. The molecule has 1 aromatic heterocycles. The molecule has 1 fully saturated rings. The number of hydrogen-bond acceptors (Lipinski definition) is 2. The lowest BCUT2D eigenvalue weighted by atomic mass is 10.1. The van der Waals surface area contributed by atoms with Gasteiger partial charge in [-0.1, -0.05) is 12.8 Å². The highest BCUT2D eigenvalue weighted by atomic mass is 16.2. The van der Waals surface area contributed by atoms with Crippen molar-refractivity contribution in [2.24, 2.45) is 7.05 Å². The van der Waals surface area contributed by atoms with Crippen LogP contribution in [0.3, 0.4) is 0 Å². The molecule has 1 aliphatic carbocycles. The summed E-state index contributed by atoms with van der Waals surface area (Å²) in [5.74, 6) is 0.109. The van der Waals surface area contributed by atoms with Crippen molar-refractivity contribution in [2.75, 3.05) is 7.05 Å². The molecule has 2 rings (SSSR count). The highest BCUT2D eigenvalue weighted by Gasteiger charge is 2.25. The first kappa shape index (κ1) is 11.2. The molecule has 1 heterocycles. The van der Waals surface area contributed by atoms with Crippen LogP contribution < -0.4 is 0 Å². The minimum absolute atomic E-state index is 0.109. The van der Waals surface area contributed by atoms with Gasteiger partial charge in [0, 0.05) is 25.8 Å². The Morgan fingerprint density at radius 3 is 2.62 bits per heavy atom. The van der Waals surface area contributed by atoms with Crippen molar-refractivity contribution in [1.82, 2.24) is 14.7 Å². The fourth-order valence-corrected chi connectivity index (χ4v) is 2.36. The molecule has 1 amide bonds. The smallest absolute Gasteiger partial charge is 0.257 e. The van der Waals surface area contributed by atoms with Crippen molar-refractivity contribution < 1.29 is 4.79 Å². The van der Waals surface area contributed by atoms with E-state index in [1.165, 1.54) is 12.8 Å². The van der Waals surface area contributed by atoms with E-state index < -0.39 is 0 Å². The Balaban J connectivity index is 2.15. The van der Waals surface area contributed by atoms with Gasteiger partial charge in [0.05, 0.1) is 11.8 Å². The molecule has 0 bridgehead atoms. The van der Waals surface area contributed by atoms with Gasteiger partial charge in [-0.25, -0.2) is 0 Å². The standard InChI is InChI=1S/C12H19N3O/c1-9-11(8-13-15(9)3)12(16)14(2)10-6-4-5-7-10/h8,10H,4-7H2,1-3H3. The molecule has 4 nitrogen and oxygen atoms in total. The Hall–Kier alpha value is -1.32. The van der Waals surface area contributed by atoms with Gasteiger partial charge in [0.25, 0.3) is 5.91 Å². The number of nitrogens with zero attached hydrogens (tertiary/aromatic N) is 3. The summed E-state index contributed by atoms with van der Waals surface area (Å²) in [7, 11) is 3.77. The summed E-state index contributed by atoms with van der Waals surface area (Å²) in [5, 5.41) is 4.12. The summed E-state index contributed by atoms with van der Waals surface area (Å²) >= 11 is 0. The Morgan fingerprint density at radius 1 is 1.50 bits per heavy atom. The van der Waals surface area contributed by atoms with Gasteiger partial charge in [-0.15, -0.1) is 0 Å². The first-order valence-corrected chi connectivity index (χ1v) is 5.87. The Labute approximate surface area is 96.2 Å². The third-order valence-electron chi connectivity index (χ3n) is 3.66. The molecular formula is C12H19N3O. The molecule has 1 aromatic rings. The number of carbonyl (C=O) groups is 1. The molecular weight excluding hydrogens is 202 g/mol. The lowest BCUT2D eigenvalue weighted by molar-refractivity contribution is 0.0734. The molecule has 16 heavy (non-hydrogen) atoms. The van der Waals surface area contributed by atoms with Crippen LogP contribution in [0, 0.1) is 6.92 Å². The minimum Gasteiger partial charge on any atom is -0.339 e. The van der Waals surface area contributed by atoms with E-state index in [0.29, 0.717) is 6.04 Å². The van der Waals surface area contributed by atoms with E-state index >= 15 is 0 Å². The van der Waals surface area contributed by atoms with Crippen LogP contribution in [0.4, 0.5) is 0 Å². The number of rotatable bonds is 2. The second kappa shape index (κ2) is 4.28. The Bertz CT molecular complexity index is 391. The van der Waals surface area contributed by atoms with Crippen LogP contribution in [-0.2, 0) is 7.05 Å². The van der Waals surface area contributed by atoms with Crippen molar-refractivity contribution in [3.05, 3.63) is 17.5 Å². The van der Waals surface area contributed by atoms with Gasteiger partial charge in [-0.2, -0.15) is 5.10 Å². The van der Waals surface area contributed by atoms with Gasteiger partial charge >= 0.3 is 0 Å². The van der Waals surface area contributed by atoms with Crippen LogP contribution in [0.5, 0.6) is 0 Å². The van der Waals surface area contributed by atoms with Crippen molar-refractivity contribution in [3.63, 3.8) is 0 Å². The summed E-state index contributed by atoms with van der Waals surface area (Å²) in [5.41, 5.74) is 1.67. The van der Waals surface area contributed by atoms with Crippen molar-refractivity contribution in [3.8, 4) is 0 Å². The third kappa shape index (κ3) is 1.84. The normalized spacial score (nSPS) is 16.7. The third-order valence-corrected chi connectivity index (χ3v) is 3.66. The Morgan fingerprint density at radius 2 is 2.12 bits per heavy atom. The molecule has 0 atom stereocenters. The van der Waals surface area contributed by atoms with Crippen LogP contribution in [0.25, 0.3) is 0 Å². The van der Waals surface area contributed by atoms with E-state index in [-0.39, 0.29) is 5.91 Å². The predicted octanol–water partition coefficient (Wildman–Crippen LogP) is 1.74. The van der Waals surface area contributed by atoms with Gasteiger partial charge in [-0.05, 0) is 19.8 Å². The largest absolute Gasteiger partial charge is 0.339 e. The SMILES string of the molecule is Cc1c(C(=O)N(C)C2CCCC2)cnn1C. The predicted molar refractivity (Wildman–Crippen MR) is 62.3 cm³/mol. The first-order valence-electron chi connectivity index (χ1n) is 5.87. The van der Waals surface area contributed by atoms with Gasteiger partial charge < -0.3 is 4.90 Å². The van der Waals surface area contributed by atoms with Crippen LogP contribution in [0.2, 0.25) is 0 Å². The molecule has 4 heteroatoms. The second-order valence-corrected chi connectivity index (χ2v) is 4.62. The molecule has 0 unspecified atom stereocenters. The zero-order chi connectivity index (χ0) is 11.7. The maximum Gasteiger partial charge on any atom is 0.257 e. The lowest BCUT2D eigenvalue weighted by Gasteiger charge is -2.24. The molecule has 0 spiro atoms. The molecule has 0 aliphatic heterocycles. The number of hydrogen-bond donors (Lipinski definition) is 0. The van der Waals surface area contributed by atoms with E-state index in [4.69, 9.17) is 0 Å². The van der Waals surface area contributed by atoms with E-state index in [2.05, 4.69) is 5.10 Å². The van der Waals surface area contributed by atoms with Gasteiger partial charge in [0.1, 0.15) is 0 Å². The minimum atomic E-state index is 0.109. The number of aryl methyl sites for hydroxylation is 1. The van der Waals surface area contributed by atoms with E-state index in [1.54, 1.807) is 10.9 Å². The average molecular weight is 221 g/mol. The summed E-state index contributed by atoms with van der Waals surface area (Å²) < 4.78 is 1.75. The molecule has 0 saturated heterocycles. The molecule has 1 saturated carbocycles. The van der Waals surface area contributed by atoms with Crippen LogP contribution in [0.1, 0.15) is 41.7 Å². The fourth-order valence-electron chi connectivity index (χ4n) is 2.36. The highest BCUT2D eigenvalue weighted by Crippen LogP contribution is 2.24. The first-order chi connectivity index (χ1) is 7.61. The van der Waals surface area contributed by atoms with E-state index in [9.17, 15) is 4.79 Å². The number of carbonyl (C=O) groups excluding carboxylic acids is 1. The molecule has 1 aliphatic rings. The lowest BCUT2D eigenvalue weighted by Crippen LogP contribution is -2.35. The average Bonchev–Trinajstić information content (AvgIpc) is 2.89. The topological polar surface area (TPSA) is 38.1 Å².